The summed E-state index contributed by atoms with van der Waals surface area (Å²) in [4.78, 5) is 14.5. The zero-order valence-corrected chi connectivity index (χ0v) is 12.8. The van der Waals surface area contributed by atoms with Crippen molar-refractivity contribution in [2.45, 2.75) is 12.5 Å². The number of hydrogen-bond donors (Lipinski definition) is 0. The number of carbonyl (C=O) groups excluding carboxylic acids is 1. The molecule has 3 rings (SSSR count). The van der Waals surface area contributed by atoms with Crippen LogP contribution in [-0.4, -0.2) is 48.5 Å². The van der Waals surface area contributed by atoms with E-state index in [1.807, 2.05) is 29.2 Å². The highest BCUT2D eigenvalue weighted by Gasteiger charge is 2.32. The third kappa shape index (κ3) is 2.83. The largest absolute Gasteiger partial charge is 0.492 e. The van der Waals surface area contributed by atoms with E-state index in [4.69, 9.17) is 9.47 Å². The number of rotatable bonds is 2. The number of halogens is 1. The van der Waals surface area contributed by atoms with E-state index < -0.39 is 0 Å². The maximum atomic E-state index is 12.6. The van der Waals surface area contributed by atoms with Gasteiger partial charge in [0, 0.05) is 18.4 Å². The van der Waals surface area contributed by atoms with E-state index in [0.717, 1.165) is 23.1 Å². The van der Waals surface area contributed by atoms with Crippen LogP contribution in [0.3, 0.4) is 0 Å². The summed E-state index contributed by atoms with van der Waals surface area (Å²) in [5.74, 6) is 1.03. The maximum absolute atomic E-state index is 12.6. The smallest absolute Gasteiger partial charge is 0.229 e. The Morgan fingerprint density at radius 3 is 3.10 bits per heavy atom. The maximum Gasteiger partial charge on any atom is 0.229 e. The van der Waals surface area contributed by atoms with Crippen LogP contribution in [0, 0.1) is 5.92 Å². The molecule has 1 aromatic carbocycles. The number of amides is 1. The van der Waals surface area contributed by atoms with E-state index in [0.29, 0.717) is 26.3 Å². The molecule has 0 saturated carbocycles. The predicted octanol–water partition coefficient (Wildman–Crippen LogP) is 1.86. The van der Waals surface area contributed by atoms with E-state index in [2.05, 4.69) is 15.9 Å². The summed E-state index contributed by atoms with van der Waals surface area (Å²) >= 11 is 3.42. The van der Waals surface area contributed by atoms with E-state index >= 15 is 0 Å². The molecule has 1 aromatic rings. The van der Waals surface area contributed by atoms with Gasteiger partial charge >= 0.3 is 0 Å². The molecule has 108 valence electrons. The molecular weight excluding hydrogens is 322 g/mol. The monoisotopic (exact) mass is 339 g/mol. The molecule has 5 heteroatoms. The topological polar surface area (TPSA) is 38.8 Å². The second-order valence-corrected chi connectivity index (χ2v) is 5.90. The van der Waals surface area contributed by atoms with Crippen molar-refractivity contribution in [3.8, 4) is 5.75 Å². The number of nitrogens with zero attached hydrogens (tertiary/aromatic N) is 1. The lowest BCUT2D eigenvalue weighted by Crippen LogP contribution is -2.50. The Hall–Kier alpha value is -1.07. The van der Waals surface area contributed by atoms with E-state index in [1.165, 1.54) is 0 Å². The predicted molar refractivity (Wildman–Crippen MR) is 79.2 cm³/mol. The van der Waals surface area contributed by atoms with Crippen LogP contribution in [0.5, 0.6) is 5.75 Å². The van der Waals surface area contributed by atoms with Gasteiger partial charge in [0.2, 0.25) is 5.91 Å². The molecule has 20 heavy (non-hydrogen) atoms. The van der Waals surface area contributed by atoms with Crippen molar-refractivity contribution < 1.29 is 14.3 Å². The number of carbonyl (C=O) groups is 1. The fraction of sp³-hybridized carbons (Fsp3) is 0.533. The van der Waals surface area contributed by atoms with Gasteiger partial charge in [0.1, 0.15) is 12.4 Å². The molecule has 0 spiro atoms. The average molecular weight is 340 g/mol. The number of para-hydroxylation sites is 1. The number of alkyl halides is 1. The van der Waals surface area contributed by atoms with Crippen molar-refractivity contribution in [3.05, 3.63) is 29.8 Å². The van der Waals surface area contributed by atoms with Gasteiger partial charge in [-0.25, -0.2) is 0 Å². The minimum atomic E-state index is -0.0704. The van der Waals surface area contributed by atoms with Gasteiger partial charge in [0.15, 0.2) is 0 Å². The summed E-state index contributed by atoms with van der Waals surface area (Å²) in [6.07, 6.45) is 0.871. The Kier molecular flexibility index (Phi) is 4.27. The highest BCUT2D eigenvalue weighted by molar-refractivity contribution is 9.09. The van der Waals surface area contributed by atoms with Crippen molar-refractivity contribution in [2.75, 3.05) is 31.6 Å². The van der Waals surface area contributed by atoms with Crippen molar-refractivity contribution in [2.24, 2.45) is 5.92 Å². The molecule has 1 amide bonds. The summed E-state index contributed by atoms with van der Waals surface area (Å²) in [6, 6.07) is 7.95. The Morgan fingerprint density at radius 1 is 1.40 bits per heavy atom. The summed E-state index contributed by atoms with van der Waals surface area (Å²) in [5, 5.41) is 0.765. The normalized spacial score (nSPS) is 25.8. The summed E-state index contributed by atoms with van der Waals surface area (Å²) in [7, 11) is 0. The molecule has 0 bridgehead atoms. The highest BCUT2D eigenvalue weighted by atomic mass is 79.9. The third-order valence-corrected chi connectivity index (χ3v) is 4.57. The van der Waals surface area contributed by atoms with Crippen LogP contribution in [0.1, 0.15) is 5.56 Å². The minimum Gasteiger partial charge on any atom is -0.492 e. The van der Waals surface area contributed by atoms with Crippen molar-refractivity contribution in [3.63, 3.8) is 0 Å². The third-order valence-electron chi connectivity index (χ3n) is 3.85. The zero-order valence-electron chi connectivity index (χ0n) is 11.3. The molecule has 2 heterocycles. The first-order chi connectivity index (χ1) is 9.78. The standard InChI is InChI=1S/C15H18BrNO3/c16-8-13-9-17(5-6-19-13)15(18)12-7-11-3-1-2-4-14(11)20-10-12/h1-4,12-13H,5-10H2. The molecule has 0 aromatic heterocycles. The fourth-order valence-corrected chi connectivity index (χ4v) is 3.15. The Bertz CT molecular complexity index is 494. The van der Waals surface area contributed by atoms with E-state index in [-0.39, 0.29) is 17.9 Å². The van der Waals surface area contributed by atoms with Gasteiger partial charge in [-0.1, -0.05) is 34.1 Å². The molecule has 1 saturated heterocycles. The first-order valence-electron chi connectivity index (χ1n) is 6.95. The molecule has 2 atom stereocenters. The molecule has 0 aliphatic carbocycles. The van der Waals surface area contributed by atoms with Gasteiger partial charge in [-0.05, 0) is 18.1 Å². The van der Waals surface area contributed by atoms with Crippen LogP contribution in [0.15, 0.2) is 24.3 Å². The molecule has 2 unspecified atom stereocenters. The van der Waals surface area contributed by atoms with Gasteiger partial charge in [0.05, 0.1) is 18.6 Å². The van der Waals surface area contributed by atoms with Crippen molar-refractivity contribution in [1.82, 2.24) is 4.90 Å². The van der Waals surface area contributed by atoms with Gasteiger partial charge in [-0.3, -0.25) is 4.79 Å². The zero-order chi connectivity index (χ0) is 13.9. The lowest BCUT2D eigenvalue weighted by molar-refractivity contribution is -0.143. The summed E-state index contributed by atoms with van der Waals surface area (Å²) in [6.45, 7) is 2.45. The van der Waals surface area contributed by atoms with Crippen LogP contribution in [0.25, 0.3) is 0 Å². The second kappa shape index (κ2) is 6.14. The minimum absolute atomic E-state index is 0.0704. The lowest BCUT2D eigenvalue weighted by atomic mass is 9.95. The first kappa shape index (κ1) is 13.9. The van der Waals surface area contributed by atoms with Crippen LogP contribution in [-0.2, 0) is 16.0 Å². The van der Waals surface area contributed by atoms with Crippen molar-refractivity contribution >= 4 is 21.8 Å². The average Bonchev–Trinajstić information content (AvgIpc) is 2.53. The van der Waals surface area contributed by atoms with Gasteiger partial charge in [0.25, 0.3) is 0 Å². The number of fused-ring (bicyclic) bond motifs is 1. The molecule has 0 radical (unpaired) electrons. The quantitative estimate of drug-likeness (QED) is 0.772. The first-order valence-corrected chi connectivity index (χ1v) is 8.07. The fourth-order valence-electron chi connectivity index (χ4n) is 2.76. The summed E-state index contributed by atoms with van der Waals surface area (Å²) in [5.41, 5.74) is 1.13. The molecule has 2 aliphatic rings. The van der Waals surface area contributed by atoms with E-state index in [1.54, 1.807) is 0 Å². The molecule has 2 aliphatic heterocycles. The summed E-state index contributed by atoms with van der Waals surface area (Å²) < 4.78 is 11.3. The van der Waals surface area contributed by atoms with Crippen LogP contribution in [0.2, 0.25) is 0 Å². The van der Waals surface area contributed by atoms with Crippen LogP contribution >= 0.6 is 15.9 Å². The van der Waals surface area contributed by atoms with Crippen LogP contribution in [0.4, 0.5) is 0 Å². The van der Waals surface area contributed by atoms with Gasteiger partial charge in [-0.2, -0.15) is 0 Å². The number of morpholine rings is 1. The van der Waals surface area contributed by atoms with E-state index in [9.17, 15) is 4.79 Å². The Labute approximate surface area is 127 Å². The van der Waals surface area contributed by atoms with Crippen LogP contribution < -0.4 is 4.74 Å². The number of benzene rings is 1. The highest BCUT2D eigenvalue weighted by Crippen LogP contribution is 2.28. The van der Waals surface area contributed by atoms with Gasteiger partial charge < -0.3 is 14.4 Å². The number of ether oxygens (including phenoxy) is 2. The van der Waals surface area contributed by atoms with Crippen molar-refractivity contribution in [1.29, 1.82) is 0 Å². The molecule has 1 fully saturated rings. The SMILES string of the molecule is O=C(C1COc2ccccc2C1)N1CCOC(CBr)C1. The second-order valence-electron chi connectivity index (χ2n) is 5.25. The van der Waals surface area contributed by atoms with Gasteiger partial charge in [-0.15, -0.1) is 0 Å². The molecule has 0 N–H and O–H groups in total. The number of hydrogen-bond acceptors (Lipinski definition) is 3. The molecular formula is C15H18BrNO3. The lowest BCUT2D eigenvalue weighted by Gasteiger charge is -2.35. The molecule has 4 nitrogen and oxygen atoms in total. The Morgan fingerprint density at radius 2 is 2.25 bits per heavy atom. The Balaban J connectivity index is 1.67.